The number of fused-ring (bicyclic) bond motifs is 7. The lowest BCUT2D eigenvalue weighted by Crippen LogP contribution is -1.97. The lowest BCUT2D eigenvalue weighted by molar-refractivity contribution is 1.17. The third kappa shape index (κ3) is 5.17. The zero-order valence-electron chi connectivity index (χ0n) is 29.6. The van der Waals surface area contributed by atoms with Crippen LogP contribution in [0.25, 0.3) is 105 Å². The average molecular weight is 702 g/mol. The van der Waals surface area contributed by atoms with Crippen molar-refractivity contribution >= 4 is 54.4 Å². The minimum absolute atomic E-state index is 0.681. The van der Waals surface area contributed by atoms with E-state index in [0.29, 0.717) is 5.82 Å². The van der Waals surface area contributed by atoms with Gasteiger partial charge in [0.2, 0.25) is 0 Å². The van der Waals surface area contributed by atoms with Crippen molar-refractivity contribution in [1.82, 2.24) is 24.5 Å². The fourth-order valence-electron chi connectivity index (χ4n) is 8.05. The molecular weight excluding hydrogens is 671 g/mol. The van der Waals surface area contributed by atoms with Crippen molar-refractivity contribution in [3.63, 3.8) is 0 Å². The highest BCUT2D eigenvalue weighted by Crippen LogP contribution is 2.39. The molecule has 0 amide bonds. The van der Waals surface area contributed by atoms with Gasteiger partial charge >= 0.3 is 0 Å². The molecule has 0 aliphatic carbocycles. The summed E-state index contributed by atoms with van der Waals surface area (Å²) in [5.74, 6) is 0.681. The SMILES string of the molecule is c1ccc(-c2nc(-c3ccc4c5ccccc5n(-c5ccccc5)c4c3)cc(-c3ccc(-c4ccc5ccc6cccnc6c5n4)c4ccccc34)n2)cc1. The highest BCUT2D eigenvalue weighted by molar-refractivity contribution is 6.11. The van der Waals surface area contributed by atoms with Gasteiger partial charge < -0.3 is 4.57 Å². The van der Waals surface area contributed by atoms with E-state index in [4.69, 9.17) is 19.9 Å². The van der Waals surface area contributed by atoms with Crippen LogP contribution < -0.4 is 0 Å². The maximum absolute atomic E-state index is 5.25. The first-order valence-corrected chi connectivity index (χ1v) is 18.5. The number of para-hydroxylation sites is 2. The van der Waals surface area contributed by atoms with Gasteiger partial charge in [-0.3, -0.25) is 4.98 Å². The molecule has 55 heavy (non-hydrogen) atoms. The lowest BCUT2D eigenvalue weighted by Gasteiger charge is -2.14. The second-order valence-corrected chi connectivity index (χ2v) is 13.9. The van der Waals surface area contributed by atoms with E-state index in [1.54, 1.807) is 0 Å². The normalized spacial score (nSPS) is 11.6. The first-order chi connectivity index (χ1) is 27.3. The number of rotatable bonds is 5. The molecule has 4 heterocycles. The second kappa shape index (κ2) is 12.6. The monoisotopic (exact) mass is 701 g/mol. The molecule has 0 unspecified atom stereocenters. The Bertz CT molecular complexity index is 3260. The third-order valence-corrected chi connectivity index (χ3v) is 10.7. The van der Waals surface area contributed by atoms with E-state index in [1.807, 2.05) is 30.5 Å². The van der Waals surface area contributed by atoms with Gasteiger partial charge in [0.25, 0.3) is 0 Å². The lowest BCUT2D eigenvalue weighted by atomic mass is 9.95. The van der Waals surface area contributed by atoms with Crippen molar-refractivity contribution in [2.45, 2.75) is 0 Å². The first kappa shape index (κ1) is 31.1. The van der Waals surface area contributed by atoms with Gasteiger partial charge in [-0.25, -0.2) is 15.0 Å². The van der Waals surface area contributed by atoms with E-state index < -0.39 is 0 Å². The quantitative estimate of drug-likeness (QED) is 0.168. The first-order valence-electron chi connectivity index (χ1n) is 18.5. The van der Waals surface area contributed by atoms with Gasteiger partial charge in [-0.1, -0.05) is 140 Å². The topological polar surface area (TPSA) is 56.5 Å². The van der Waals surface area contributed by atoms with Crippen LogP contribution in [0.15, 0.2) is 188 Å². The number of nitrogens with zero attached hydrogens (tertiary/aromatic N) is 5. The molecule has 0 radical (unpaired) electrons. The van der Waals surface area contributed by atoms with Crippen LogP contribution in [0.5, 0.6) is 0 Å². The Morgan fingerprint density at radius 1 is 0.364 bits per heavy atom. The molecule has 11 rings (SSSR count). The molecular formula is C50H31N5. The minimum Gasteiger partial charge on any atom is -0.309 e. The molecule has 0 atom stereocenters. The molecule has 4 aromatic heterocycles. The van der Waals surface area contributed by atoms with Crippen molar-refractivity contribution in [3.8, 4) is 50.8 Å². The molecule has 0 saturated carbocycles. The van der Waals surface area contributed by atoms with E-state index in [2.05, 4.69) is 162 Å². The van der Waals surface area contributed by atoms with Crippen molar-refractivity contribution in [3.05, 3.63) is 188 Å². The predicted molar refractivity (Wildman–Crippen MR) is 226 cm³/mol. The van der Waals surface area contributed by atoms with E-state index in [9.17, 15) is 0 Å². The molecule has 0 N–H and O–H groups in total. The van der Waals surface area contributed by atoms with E-state index in [0.717, 1.165) is 83.1 Å². The maximum Gasteiger partial charge on any atom is 0.160 e. The van der Waals surface area contributed by atoms with Crippen LogP contribution in [0.3, 0.4) is 0 Å². The van der Waals surface area contributed by atoms with Crippen LogP contribution in [0, 0.1) is 0 Å². The Hall–Kier alpha value is -7.50. The Labute approximate surface area is 316 Å². The van der Waals surface area contributed by atoms with Gasteiger partial charge in [0.15, 0.2) is 5.82 Å². The Balaban J connectivity index is 1.11. The molecule has 0 saturated heterocycles. The summed E-state index contributed by atoms with van der Waals surface area (Å²) in [6.45, 7) is 0. The smallest absolute Gasteiger partial charge is 0.160 e. The highest BCUT2D eigenvalue weighted by atomic mass is 15.0. The van der Waals surface area contributed by atoms with Crippen molar-refractivity contribution in [1.29, 1.82) is 0 Å². The molecule has 7 aromatic carbocycles. The zero-order valence-corrected chi connectivity index (χ0v) is 29.6. The average Bonchev–Trinajstić information content (AvgIpc) is 3.60. The van der Waals surface area contributed by atoms with Crippen LogP contribution in [-0.2, 0) is 0 Å². The van der Waals surface area contributed by atoms with Gasteiger partial charge in [-0.2, -0.15) is 0 Å². The number of hydrogen-bond acceptors (Lipinski definition) is 4. The molecule has 0 bridgehead atoms. The molecule has 0 spiro atoms. The standard InChI is InChI=1S/C50H31N5/c1-3-12-34(13-4-1)50-53-44(35-23-25-42-41-19-9-10-20-46(41)55(47(42)30-35)36-15-5-2-6-16-36)31-45(54-50)40-27-26-39(37-17-7-8-18-38(37)40)43-28-24-33-22-21-32-14-11-29-51-48(32)49(33)52-43/h1-31H. The number of aromatic nitrogens is 5. The van der Waals surface area contributed by atoms with Crippen molar-refractivity contribution in [2.24, 2.45) is 0 Å². The molecule has 256 valence electrons. The summed E-state index contributed by atoms with van der Waals surface area (Å²) in [6.07, 6.45) is 1.83. The largest absolute Gasteiger partial charge is 0.309 e. The highest BCUT2D eigenvalue weighted by Gasteiger charge is 2.18. The van der Waals surface area contributed by atoms with Crippen LogP contribution in [0.4, 0.5) is 0 Å². The molecule has 11 aromatic rings. The van der Waals surface area contributed by atoms with Gasteiger partial charge in [0, 0.05) is 55.7 Å². The Kier molecular flexibility index (Phi) is 7.10. The summed E-state index contributed by atoms with van der Waals surface area (Å²) in [5, 5.41) is 6.78. The molecule has 0 fully saturated rings. The number of pyridine rings is 2. The summed E-state index contributed by atoms with van der Waals surface area (Å²) < 4.78 is 2.35. The van der Waals surface area contributed by atoms with E-state index in [1.165, 1.54) is 16.3 Å². The van der Waals surface area contributed by atoms with Crippen LogP contribution in [0.2, 0.25) is 0 Å². The van der Waals surface area contributed by atoms with E-state index in [-0.39, 0.29) is 0 Å². The van der Waals surface area contributed by atoms with Crippen LogP contribution in [-0.4, -0.2) is 24.5 Å². The Morgan fingerprint density at radius 2 is 1.00 bits per heavy atom. The van der Waals surface area contributed by atoms with Crippen molar-refractivity contribution < 1.29 is 0 Å². The zero-order chi connectivity index (χ0) is 36.3. The fraction of sp³-hybridized carbons (Fsp3) is 0. The minimum atomic E-state index is 0.681. The second-order valence-electron chi connectivity index (χ2n) is 13.9. The van der Waals surface area contributed by atoms with Gasteiger partial charge in [0.1, 0.15) is 0 Å². The third-order valence-electron chi connectivity index (χ3n) is 10.7. The van der Waals surface area contributed by atoms with Crippen LogP contribution >= 0.6 is 0 Å². The number of hydrogen-bond donors (Lipinski definition) is 0. The molecule has 0 aliphatic rings. The van der Waals surface area contributed by atoms with Gasteiger partial charge in [0.05, 0.1) is 39.1 Å². The van der Waals surface area contributed by atoms with E-state index >= 15 is 0 Å². The summed E-state index contributed by atoms with van der Waals surface area (Å²) in [4.78, 5) is 20.4. The summed E-state index contributed by atoms with van der Waals surface area (Å²) in [7, 11) is 0. The molecule has 5 nitrogen and oxygen atoms in total. The summed E-state index contributed by atoms with van der Waals surface area (Å²) in [5.41, 5.74) is 11.9. The molecule has 5 heteroatoms. The maximum atomic E-state index is 5.25. The summed E-state index contributed by atoms with van der Waals surface area (Å²) >= 11 is 0. The van der Waals surface area contributed by atoms with Gasteiger partial charge in [-0.05, 0) is 53.2 Å². The number of benzene rings is 7. The predicted octanol–water partition coefficient (Wildman–Crippen LogP) is 12.5. The fourth-order valence-corrected chi connectivity index (χ4v) is 8.05. The Morgan fingerprint density at radius 3 is 1.80 bits per heavy atom. The molecule has 0 aliphatic heterocycles. The van der Waals surface area contributed by atoms with Crippen molar-refractivity contribution in [2.75, 3.05) is 0 Å². The summed E-state index contributed by atoms with van der Waals surface area (Å²) in [6, 6.07) is 63.7. The van der Waals surface area contributed by atoms with Gasteiger partial charge in [-0.15, -0.1) is 0 Å². The van der Waals surface area contributed by atoms with Crippen LogP contribution in [0.1, 0.15) is 0 Å².